The van der Waals surface area contributed by atoms with Crippen molar-refractivity contribution in [3.05, 3.63) is 42.5 Å². The van der Waals surface area contributed by atoms with E-state index in [4.69, 9.17) is 4.42 Å². The highest BCUT2D eigenvalue weighted by Gasteiger charge is 2.42. The Bertz CT molecular complexity index is 873. The van der Waals surface area contributed by atoms with Crippen molar-refractivity contribution in [3.8, 4) is 0 Å². The number of amides is 1. The van der Waals surface area contributed by atoms with Gasteiger partial charge in [0.1, 0.15) is 11.1 Å². The second-order valence-electron chi connectivity index (χ2n) is 6.10. The molecule has 0 atom stereocenters. The van der Waals surface area contributed by atoms with Gasteiger partial charge in [0.15, 0.2) is 11.5 Å². The third-order valence-corrected chi connectivity index (χ3v) is 4.55. The number of anilines is 1. The molecule has 140 valence electrons. The van der Waals surface area contributed by atoms with Crippen molar-refractivity contribution in [2.24, 2.45) is 0 Å². The van der Waals surface area contributed by atoms with Crippen LogP contribution in [-0.4, -0.2) is 33.8 Å². The molecule has 7 nitrogen and oxygen atoms in total. The number of carbonyl (C=O) groups excluding carboxylic acids is 1. The van der Waals surface area contributed by atoms with Crippen molar-refractivity contribution >= 4 is 47.5 Å². The maximum atomic E-state index is 13.1. The van der Waals surface area contributed by atoms with Crippen molar-refractivity contribution < 1.29 is 9.21 Å². The van der Waals surface area contributed by atoms with Gasteiger partial charge in [-0.3, -0.25) is 9.48 Å². The van der Waals surface area contributed by atoms with Crippen LogP contribution in [0.3, 0.4) is 0 Å². The van der Waals surface area contributed by atoms with Crippen molar-refractivity contribution in [3.63, 3.8) is 0 Å². The first-order chi connectivity index (χ1) is 11.7. The van der Waals surface area contributed by atoms with Crippen molar-refractivity contribution in [1.82, 2.24) is 20.1 Å². The molecule has 0 bridgehead atoms. The smallest absolute Gasteiger partial charge is 0.252 e. The van der Waals surface area contributed by atoms with E-state index < -0.39 is 5.54 Å². The number of piperidine rings is 1. The minimum Gasteiger partial charge on any atom is -0.441 e. The van der Waals surface area contributed by atoms with Crippen LogP contribution in [0.1, 0.15) is 18.7 Å². The van der Waals surface area contributed by atoms with Crippen LogP contribution < -0.4 is 10.6 Å². The number of nitrogens with one attached hydrogen (secondary N) is 2. The number of nitrogens with zero attached hydrogens (tertiary/aromatic N) is 3. The summed E-state index contributed by atoms with van der Waals surface area (Å²) in [4.78, 5) is 17.4. The van der Waals surface area contributed by atoms with Gasteiger partial charge in [-0.15, -0.1) is 24.8 Å². The fraction of sp³-hybridized carbons (Fsp3) is 0.353. The first kappa shape index (κ1) is 20.2. The quantitative estimate of drug-likeness (QED) is 0.709. The highest BCUT2D eigenvalue weighted by atomic mass is 35.5. The number of benzene rings is 1. The predicted molar refractivity (Wildman–Crippen MR) is 104 cm³/mol. The average Bonchev–Trinajstić information content (AvgIpc) is 3.24. The number of oxazole rings is 1. The van der Waals surface area contributed by atoms with Crippen LogP contribution in [0.15, 0.2) is 41.1 Å². The molecule has 3 heterocycles. The molecule has 3 aromatic rings. The van der Waals surface area contributed by atoms with E-state index in [0.717, 1.165) is 18.6 Å². The molecule has 1 aliphatic heterocycles. The SMILES string of the molecule is Cc1nc2ccc(NC(=O)C3(n4cccn4)CCNCC3)cc2o1.Cl.Cl. The molecule has 1 amide bonds. The van der Waals surface area contributed by atoms with Gasteiger partial charge < -0.3 is 15.1 Å². The van der Waals surface area contributed by atoms with E-state index in [1.807, 2.05) is 30.5 Å². The summed E-state index contributed by atoms with van der Waals surface area (Å²) in [5.41, 5.74) is 1.49. The summed E-state index contributed by atoms with van der Waals surface area (Å²) in [5, 5.41) is 10.7. The fourth-order valence-corrected chi connectivity index (χ4v) is 3.29. The molecule has 0 radical (unpaired) electrons. The van der Waals surface area contributed by atoms with Gasteiger partial charge in [0, 0.05) is 31.1 Å². The molecular weight excluding hydrogens is 377 g/mol. The number of hydrogen-bond acceptors (Lipinski definition) is 5. The van der Waals surface area contributed by atoms with Gasteiger partial charge in [0.25, 0.3) is 5.91 Å². The average molecular weight is 398 g/mol. The van der Waals surface area contributed by atoms with Crippen LogP contribution in [0.25, 0.3) is 11.1 Å². The predicted octanol–water partition coefficient (Wildman–Crippen LogP) is 2.89. The first-order valence-electron chi connectivity index (χ1n) is 8.07. The van der Waals surface area contributed by atoms with Gasteiger partial charge in [0.2, 0.25) is 0 Å². The molecule has 1 saturated heterocycles. The molecule has 1 fully saturated rings. The zero-order valence-electron chi connectivity index (χ0n) is 14.3. The highest BCUT2D eigenvalue weighted by Crippen LogP contribution is 2.29. The Morgan fingerprint density at radius 3 is 2.77 bits per heavy atom. The van der Waals surface area contributed by atoms with Crippen LogP contribution in [0.4, 0.5) is 5.69 Å². The zero-order valence-corrected chi connectivity index (χ0v) is 15.9. The lowest BCUT2D eigenvalue weighted by Crippen LogP contribution is -2.52. The number of rotatable bonds is 3. The molecule has 0 saturated carbocycles. The lowest BCUT2D eigenvalue weighted by Gasteiger charge is -2.36. The summed E-state index contributed by atoms with van der Waals surface area (Å²) in [6, 6.07) is 7.36. The summed E-state index contributed by atoms with van der Waals surface area (Å²) in [7, 11) is 0. The third-order valence-electron chi connectivity index (χ3n) is 4.55. The van der Waals surface area contributed by atoms with Crippen molar-refractivity contribution in [1.29, 1.82) is 0 Å². The van der Waals surface area contributed by atoms with Gasteiger partial charge in [-0.05, 0) is 44.1 Å². The van der Waals surface area contributed by atoms with Gasteiger partial charge in [-0.25, -0.2) is 4.98 Å². The second-order valence-corrected chi connectivity index (χ2v) is 6.10. The molecule has 1 aliphatic rings. The third kappa shape index (κ3) is 3.56. The first-order valence-corrected chi connectivity index (χ1v) is 8.07. The summed E-state index contributed by atoms with van der Waals surface area (Å²) in [6.07, 6.45) is 4.96. The molecule has 26 heavy (non-hydrogen) atoms. The molecule has 0 spiro atoms. The summed E-state index contributed by atoms with van der Waals surface area (Å²) >= 11 is 0. The Morgan fingerprint density at radius 1 is 1.31 bits per heavy atom. The minimum absolute atomic E-state index is 0. The molecule has 0 aliphatic carbocycles. The standard InChI is InChI=1S/C17H19N5O2.2ClH/c1-12-20-14-4-3-13(11-15(14)24-12)21-16(23)17(5-8-18-9-6-17)22-10-2-7-19-22;;/h2-4,7,10-11,18H,5-6,8-9H2,1H3,(H,21,23);2*1H. The normalized spacial score (nSPS) is 15.7. The Balaban J connectivity index is 0.00000121. The van der Waals surface area contributed by atoms with E-state index in [2.05, 4.69) is 20.7 Å². The summed E-state index contributed by atoms with van der Waals surface area (Å²) in [5.74, 6) is 0.558. The number of aromatic nitrogens is 3. The van der Waals surface area contributed by atoms with Crippen LogP contribution >= 0.6 is 24.8 Å². The van der Waals surface area contributed by atoms with Gasteiger partial charge in [-0.1, -0.05) is 0 Å². The summed E-state index contributed by atoms with van der Waals surface area (Å²) < 4.78 is 7.32. The van der Waals surface area contributed by atoms with E-state index in [9.17, 15) is 4.79 Å². The minimum atomic E-state index is -0.666. The van der Waals surface area contributed by atoms with E-state index in [0.29, 0.717) is 30.0 Å². The maximum absolute atomic E-state index is 13.1. The lowest BCUT2D eigenvalue weighted by molar-refractivity contribution is -0.126. The molecule has 4 rings (SSSR count). The topological polar surface area (TPSA) is 85.0 Å². The Labute approximate surface area is 163 Å². The van der Waals surface area contributed by atoms with E-state index in [1.165, 1.54) is 0 Å². The number of hydrogen-bond donors (Lipinski definition) is 2. The fourth-order valence-electron chi connectivity index (χ4n) is 3.29. The van der Waals surface area contributed by atoms with E-state index >= 15 is 0 Å². The van der Waals surface area contributed by atoms with E-state index in [1.54, 1.807) is 17.8 Å². The Kier molecular flexibility index (Phi) is 6.28. The van der Waals surface area contributed by atoms with Gasteiger partial charge >= 0.3 is 0 Å². The molecule has 2 N–H and O–H groups in total. The van der Waals surface area contributed by atoms with Gasteiger partial charge in [0.05, 0.1) is 0 Å². The van der Waals surface area contributed by atoms with Crippen LogP contribution in [0.2, 0.25) is 0 Å². The lowest BCUT2D eigenvalue weighted by atomic mass is 9.87. The van der Waals surface area contributed by atoms with Crippen LogP contribution in [0, 0.1) is 6.92 Å². The van der Waals surface area contributed by atoms with E-state index in [-0.39, 0.29) is 30.7 Å². The summed E-state index contributed by atoms with van der Waals surface area (Å²) in [6.45, 7) is 3.38. The second kappa shape index (κ2) is 8.07. The number of halogens is 2. The molecule has 9 heteroatoms. The monoisotopic (exact) mass is 397 g/mol. The number of fused-ring (bicyclic) bond motifs is 1. The van der Waals surface area contributed by atoms with Crippen LogP contribution in [0.5, 0.6) is 0 Å². The zero-order chi connectivity index (χ0) is 16.6. The molecular formula is C17H21Cl2N5O2. The number of carbonyl (C=O) groups is 1. The maximum Gasteiger partial charge on any atom is 0.252 e. The largest absolute Gasteiger partial charge is 0.441 e. The van der Waals surface area contributed by atoms with Crippen molar-refractivity contribution in [2.45, 2.75) is 25.3 Å². The van der Waals surface area contributed by atoms with Gasteiger partial charge in [-0.2, -0.15) is 5.10 Å². The Morgan fingerprint density at radius 2 is 2.08 bits per heavy atom. The highest BCUT2D eigenvalue weighted by molar-refractivity contribution is 5.98. The molecule has 2 aromatic heterocycles. The number of aryl methyl sites for hydroxylation is 1. The van der Waals surface area contributed by atoms with Crippen LogP contribution in [-0.2, 0) is 10.3 Å². The molecule has 1 aromatic carbocycles. The van der Waals surface area contributed by atoms with Crippen molar-refractivity contribution in [2.75, 3.05) is 18.4 Å². The Hall–Kier alpha value is -2.09. The molecule has 0 unspecified atom stereocenters.